The van der Waals surface area contributed by atoms with E-state index in [1.54, 1.807) is 0 Å². The Morgan fingerprint density at radius 2 is 2.00 bits per heavy atom. The van der Waals surface area contributed by atoms with Gasteiger partial charge in [-0.25, -0.2) is 0 Å². The van der Waals surface area contributed by atoms with Crippen molar-refractivity contribution in [1.82, 2.24) is 0 Å². The Kier molecular flexibility index (Phi) is 2.96. The summed E-state index contributed by atoms with van der Waals surface area (Å²) in [5.74, 6) is -0.411. The van der Waals surface area contributed by atoms with Gasteiger partial charge in [-0.3, -0.25) is 4.79 Å². The fraction of sp³-hybridized carbons (Fsp3) is 0.500. The lowest BCUT2D eigenvalue weighted by atomic mass is 9.60. The Balaban J connectivity index is 2.48. The summed E-state index contributed by atoms with van der Waals surface area (Å²) in [5, 5.41) is 9.51. The molecule has 0 amide bonds. The van der Waals surface area contributed by atoms with E-state index in [9.17, 15) is 9.90 Å². The summed E-state index contributed by atoms with van der Waals surface area (Å²) >= 11 is 0. The Labute approximate surface area is 102 Å². The van der Waals surface area contributed by atoms with Gasteiger partial charge in [-0.2, -0.15) is 0 Å². The minimum Gasteiger partial charge on any atom is -0.481 e. The predicted octanol–water partition coefficient (Wildman–Crippen LogP) is 2.25. The van der Waals surface area contributed by atoms with E-state index in [1.807, 2.05) is 24.3 Å². The van der Waals surface area contributed by atoms with E-state index in [-0.39, 0.29) is 6.04 Å². The fourth-order valence-electron chi connectivity index (χ4n) is 2.78. The van der Waals surface area contributed by atoms with Gasteiger partial charge < -0.3 is 10.8 Å². The van der Waals surface area contributed by atoms with Crippen molar-refractivity contribution in [3.05, 3.63) is 35.4 Å². The predicted molar refractivity (Wildman–Crippen MR) is 67.1 cm³/mol. The first-order valence-corrected chi connectivity index (χ1v) is 6.06. The third-order valence-electron chi connectivity index (χ3n) is 3.73. The highest BCUT2D eigenvalue weighted by Gasteiger charge is 2.51. The van der Waals surface area contributed by atoms with E-state index >= 15 is 0 Å². The topological polar surface area (TPSA) is 63.3 Å². The van der Waals surface area contributed by atoms with E-state index in [0.29, 0.717) is 18.8 Å². The van der Waals surface area contributed by atoms with Crippen molar-refractivity contribution >= 4 is 5.97 Å². The van der Waals surface area contributed by atoms with Crippen LogP contribution in [-0.4, -0.2) is 17.1 Å². The SMILES string of the molecule is CC(C)c1ccccc1C1(C(=O)O)CC(N)C1. The molecule has 0 spiro atoms. The van der Waals surface area contributed by atoms with Crippen LogP contribution in [0.1, 0.15) is 43.7 Å². The van der Waals surface area contributed by atoms with Crippen LogP contribution in [0, 0.1) is 0 Å². The van der Waals surface area contributed by atoms with Gasteiger partial charge in [-0.1, -0.05) is 38.1 Å². The zero-order valence-corrected chi connectivity index (χ0v) is 10.3. The van der Waals surface area contributed by atoms with Gasteiger partial charge in [0.05, 0.1) is 5.41 Å². The normalized spacial score (nSPS) is 27.9. The van der Waals surface area contributed by atoms with Gasteiger partial charge in [-0.05, 0) is 29.9 Å². The molecule has 0 heterocycles. The van der Waals surface area contributed by atoms with Gasteiger partial charge in [-0.15, -0.1) is 0 Å². The molecule has 1 saturated carbocycles. The highest BCUT2D eigenvalue weighted by Crippen LogP contribution is 2.45. The molecule has 3 heteroatoms. The number of carbonyl (C=O) groups is 1. The summed E-state index contributed by atoms with van der Waals surface area (Å²) in [5.41, 5.74) is 7.12. The molecule has 0 unspecified atom stereocenters. The maximum Gasteiger partial charge on any atom is 0.314 e. The van der Waals surface area contributed by atoms with E-state index in [1.165, 1.54) is 0 Å². The van der Waals surface area contributed by atoms with Crippen LogP contribution in [0.5, 0.6) is 0 Å². The lowest BCUT2D eigenvalue weighted by Crippen LogP contribution is -2.54. The summed E-state index contributed by atoms with van der Waals surface area (Å²) < 4.78 is 0. The molecular weight excluding hydrogens is 214 g/mol. The van der Waals surface area contributed by atoms with Crippen molar-refractivity contribution in [2.75, 3.05) is 0 Å². The van der Waals surface area contributed by atoms with Crippen LogP contribution >= 0.6 is 0 Å². The third-order valence-corrected chi connectivity index (χ3v) is 3.73. The van der Waals surface area contributed by atoms with Gasteiger partial charge in [0.15, 0.2) is 0 Å². The third kappa shape index (κ3) is 1.84. The largest absolute Gasteiger partial charge is 0.481 e. The number of hydrogen-bond donors (Lipinski definition) is 2. The van der Waals surface area contributed by atoms with Crippen molar-refractivity contribution in [3.63, 3.8) is 0 Å². The molecule has 0 radical (unpaired) electrons. The van der Waals surface area contributed by atoms with Crippen LogP contribution in [0.25, 0.3) is 0 Å². The second kappa shape index (κ2) is 4.15. The molecule has 1 aliphatic carbocycles. The zero-order chi connectivity index (χ0) is 12.6. The highest BCUT2D eigenvalue weighted by atomic mass is 16.4. The smallest absolute Gasteiger partial charge is 0.314 e. The number of nitrogens with two attached hydrogens (primary N) is 1. The molecule has 0 bridgehead atoms. The van der Waals surface area contributed by atoms with Gasteiger partial charge in [0, 0.05) is 6.04 Å². The van der Waals surface area contributed by atoms with Gasteiger partial charge in [0.2, 0.25) is 0 Å². The molecule has 92 valence electrons. The number of hydrogen-bond acceptors (Lipinski definition) is 2. The maximum atomic E-state index is 11.6. The van der Waals surface area contributed by atoms with Crippen LogP contribution < -0.4 is 5.73 Å². The van der Waals surface area contributed by atoms with E-state index in [0.717, 1.165) is 11.1 Å². The summed E-state index contributed by atoms with van der Waals surface area (Å²) in [4.78, 5) is 11.6. The van der Waals surface area contributed by atoms with E-state index in [2.05, 4.69) is 13.8 Å². The molecule has 1 fully saturated rings. The molecule has 1 aromatic carbocycles. The van der Waals surface area contributed by atoms with Crippen molar-refractivity contribution in [2.45, 2.75) is 44.1 Å². The molecule has 0 atom stereocenters. The van der Waals surface area contributed by atoms with E-state index < -0.39 is 11.4 Å². The Bertz CT molecular complexity index is 434. The van der Waals surface area contributed by atoms with Gasteiger partial charge in [0.25, 0.3) is 0 Å². The summed E-state index contributed by atoms with van der Waals surface area (Å²) in [6.45, 7) is 4.18. The monoisotopic (exact) mass is 233 g/mol. The van der Waals surface area contributed by atoms with Crippen LogP contribution in [0.2, 0.25) is 0 Å². The van der Waals surface area contributed by atoms with E-state index in [4.69, 9.17) is 5.73 Å². The van der Waals surface area contributed by atoms with Gasteiger partial charge in [0.1, 0.15) is 0 Å². The molecule has 1 aliphatic rings. The number of carboxylic acids is 1. The first kappa shape index (κ1) is 12.1. The molecule has 1 aromatic rings. The summed E-state index contributed by atoms with van der Waals surface area (Å²) in [6.07, 6.45) is 1.10. The minimum absolute atomic E-state index is 0.0197. The molecule has 3 N–H and O–H groups in total. The summed E-state index contributed by atoms with van der Waals surface area (Å²) in [7, 11) is 0. The number of carboxylic acid groups (broad SMARTS) is 1. The standard InChI is InChI=1S/C14H19NO2/c1-9(2)11-5-3-4-6-12(11)14(13(16)17)7-10(15)8-14/h3-6,9-10H,7-8,15H2,1-2H3,(H,16,17). The zero-order valence-electron chi connectivity index (χ0n) is 10.3. The van der Waals surface area contributed by atoms with Crippen LogP contribution in [-0.2, 0) is 10.2 Å². The fourth-order valence-corrected chi connectivity index (χ4v) is 2.78. The van der Waals surface area contributed by atoms with Crippen LogP contribution in [0.4, 0.5) is 0 Å². The first-order valence-electron chi connectivity index (χ1n) is 6.06. The molecule has 0 saturated heterocycles. The Hall–Kier alpha value is -1.35. The number of rotatable bonds is 3. The number of benzene rings is 1. The van der Waals surface area contributed by atoms with Crippen LogP contribution in [0.15, 0.2) is 24.3 Å². The Morgan fingerprint density at radius 1 is 1.41 bits per heavy atom. The molecule has 2 rings (SSSR count). The van der Waals surface area contributed by atoms with Gasteiger partial charge >= 0.3 is 5.97 Å². The van der Waals surface area contributed by atoms with Crippen LogP contribution in [0.3, 0.4) is 0 Å². The summed E-state index contributed by atoms with van der Waals surface area (Å²) in [6, 6.07) is 7.86. The maximum absolute atomic E-state index is 11.6. The first-order chi connectivity index (χ1) is 7.97. The molecule has 0 aromatic heterocycles. The number of aliphatic carboxylic acids is 1. The van der Waals surface area contributed by atoms with Crippen molar-refractivity contribution in [3.8, 4) is 0 Å². The molecule has 3 nitrogen and oxygen atoms in total. The second-order valence-corrected chi connectivity index (χ2v) is 5.30. The molecule has 17 heavy (non-hydrogen) atoms. The average Bonchev–Trinajstić information content (AvgIpc) is 2.24. The second-order valence-electron chi connectivity index (χ2n) is 5.30. The Morgan fingerprint density at radius 3 is 2.47 bits per heavy atom. The van der Waals surface area contributed by atoms with Crippen molar-refractivity contribution in [1.29, 1.82) is 0 Å². The van der Waals surface area contributed by atoms with Crippen molar-refractivity contribution in [2.24, 2.45) is 5.73 Å². The highest BCUT2D eigenvalue weighted by molar-refractivity contribution is 5.83. The quantitative estimate of drug-likeness (QED) is 0.841. The molecular formula is C14H19NO2. The minimum atomic E-state index is -0.750. The van der Waals surface area contributed by atoms with Crippen molar-refractivity contribution < 1.29 is 9.90 Å². The average molecular weight is 233 g/mol. The molecule has 0 aliphatic heterocycles. The lowest BCUT2D eigenvalue weighted by molar-refractivity contribution is -0.148. The lowest BCUT2D eigenvalue weighted by Gasteiger charge is -2.44.